The van der Waals surface area contributed by atoms with Crippen LogP contribution in [0.3, 0.4) is 0 Å². The lowest BCUT2D eigenvalue weighted by atomic mass is 9.93. The number of carbonyl (C=O) groups excluding carboxylic acids is 2. The van der Waals surface area contributed by atoms with Crippen molar-refractivity contribution in [2.24, 2.45) is 0 Å². The first-order valence-corrected chi connectivity index (χ1v) is 13.7. The van der Waals surface area contributed by atoms with Crippen LogP contribution in [0.25, 0.3) is 22.0 Å². The van der Waals surface area contributed by atoms with Gasteiger partial charge in [-0.2, -0.15) is 0 Å². The molecule has 2 aliphatic heterocycles. The molecule has 0 saturated carbocycles. The van der Waals surface area contributed by atoms with Gasteiger partial charge in [-0.05, 0) is 97.1 Å². The van der Waals surface area contributed by atoms with Gasteiger partial charge >= 0.3 is 0 Å². The molecule has 1 fully saturated rings. The monoisotopic (exact) mass is 506 g/mol. The molecule has 3 aromatic carbocycles. The normalized spacial score (nSPS) is 17.4. The van der Waals surface area contributed by atoms with Gasteiger partial charge in [0.25, 0.3) is 5.91 Å². The zero-order valence-corrected chi connectivity index (χ0v) is 21.9. The molecule has 6 nitrogen and oxygen atoms in total. The van der Waals surface area contributed by atoms with E-state index >= 15 is 0 Å². The first-order valence-electron chi connectivity index (χ1n) is 13.7. The lowest BCUT2D eigenvalue weighted by Gasteiger charge is -2.23. The Labute approximate surface area is 223 Å². The topological polar surface area (TPSA) is 68.4 Å². The van der Waals surface area contributed by atoms with Crippen LogP contribution < -0.4 is 10.2 Å². The van der Waals surface area contributed by atoms with Gasteiger partial charge in [0.2, 0.25) is 5.91 Å². The summed E-state index contributed by atoms with van der Waals surface area (Å²) in [4.78, 5) is 33.2. The van der Waals surface area contributed by atoms with E-state index in [1.807, 2.05) is 46.3 Å². The molecule has 0 spiro atoms. The number of amides is 2. The van der Waals surface area contributed by atoms with Crippen LogP contribution in [-0.4, -0.2) is 47.4 Å². The summed E-state index contributed by atoms with van der Waals surface area (Å²) in [6, 6.07) is 23.0. The summed E-state index contributed by atoms with van der Waals surface area (Å²) in [6.07, 6.45) is 6.13. The highest BCUT2D eigenvalue weighted by molar-refractivity contribution is 6.08. The van der Waals surface area contributed by atoms with Crippen molar-refractivity contribution in [3.8, 4) is 11.1 Å². The van der Waals surface area contributed by atoms with Gasteiger partial charge in [-0.1, -0.05) is 24.3 Å². The van der Waals surface area contributed by atoms with Gasteiger partial charge in [-0.25, -0.2) is 0 Å². The molecule has 0 radical (unpaired) electrons. The summed E-state index contributed by atoms with van der Waals surface area (Å²) in [5.41, 5.74) is 7.17. The molecule has 2 N–H and O–H groups in total. The van der Waals surface area contributed by atoms with Crippen molar-refractivity contribution in [3.05, 3.63) is 84.1 Å². The van der Waals surface area contributed by atoms with E-state index in [0.29, 0.717) is 24.6 Å². The molecule has 1 saturated heterocycles. The number of likely N-dealkylation sites (tertiary alicyclic amines) is 1. The number of hydrogen-bond acceptors (Lipinski definition) is 3. The maximum Gasteiger partial charge on any atom is 0.258 e. The predicted molar refractivity (Wildman–Crippen MR) is 154 cm³/mol. The summed E-state index contributed by atoms with van der Waals surface area (Å²) < 4.78 is 0. The van der Waals surface area contributed by atoms with Crippen LogP contribution in [0.2, 0.25) is 0 Å². The molecule has 1 atom stereocenters. The van der Waals surface area contributed by atoms with E-state index < -0.39 is 0 Å². The Bertz CT molecular complexity index is 1490. The fourth-order valence-corrected chi connectivity index (χ4v) is 5.82. The highest BCUT2D eigenvalue weighted by atomic mass is 16.2. The molecule has 4 aromatic rings. The lowest BCUT2D eigenvalue weighted by molar-refractivity contribution is -0.127. The average Bonchev–Trinajstić information content (AvgIpc) is 3.53. The fourth-order valence-electron chi connectivity index (χ4n) is 5.82. The number of aryl methyl sites for hydroxylation is 1. The van der Waals surface area contributed by atoms with Crippen molar-refractivity contribution in [3.63, 3.8) is 0 Å². The van der Waals surface area contributed by atoms with Gasteiger partial charge < -0.3 is 20.1 Å². The third-order valence-corrected chi connectivity index (χ3v) is 7.89. The van der Waals surface area contributed by atoms with Gasteiger partial charge in [-0.15, -0.1) is 0 Å². The van der Waals surface area contributed by atoms with Crippen molar-refractivity contribution >= 4 is 34.1 Å². The Morgan fingerprint density at radius 3 is 2.79 bits per heavy atom. The summed E-state index contributed by atoms with van der Waals surface area (Å²) in [7, 11) is 0. The van der Waals surface area contributed by atoms with Gasteiger partial charge in [0.05, 0.1) is 11.4 Å². The van der Waals surface area contributed by atoms with Crippen LogP contribution in [0.5, 0.6) is 0 Å². The van der Waals surface area contributed by atoms with Crippen molar-refractivity contribution in [2.45, 2.75) is 45.1 Å². The number of para-hydroxylation sites is 2. The van der Waals surface area contributed by atoms with Crippen molar-refractivity contribution < 1.29 is 9.59 Å². The second-order valence-corrected chi connectivity index (χ2v) is 10.5. The van der Waals surface area contributed by atoms with E-state index in [2.05, 4.69) is 53.6 Å². The van der Waals surface area contributed by atoms with E-state index in [1.54, 1.807) is 0 Å². The van der Waals surface area contributed by atoms with E-state index in [-0.39, 0.29) is 11.8 Å². The minimum atomic E-state index is 0.0250. The van der Waals surface area contributed by atoms with E-state index in [9.17, 15) is 9.59 Å². The number of aromatic nitrogens is 1. The Balaban J connectivity index is 1.33. The Kier molecular flexibility index (Phi) is 6.62. The molecule has 2 amide bonds. The number of carbonyl (C=O) groups is 2. The molecular formula is C32H34N4O2. The minimum absolute atomic E-state index is 0.0250. The predicted octanol–water partition coefficient (Wildman–Crippen LogP) is 6.24. The number of aromatic amines is 1. The zero-order valence-electron chi connectivity index (χ0n) is 21.9. The van der Waals surface area contributed by atoms with Gasteiger partial charge in [0.15, 0.2) is 0 Å². The summed E-state index contributed by atoms with van der Waals surface area (Å²) in [6.45, 7) is 4.44. The number of nitrogens with zero attached hydrogens (tertiary/aromatic N) is 2. The van der Waals surface area contributed by atoms with Crippen LogP contribution in [0, 0.1) is 0 Å². The molecule has 38 heavy (non-hydrogen) atoms. The molecule has 2 aliphatic rings. The smallest absolute Gasteiger partial charge is 0.258 e. The number of nitrogens with one attached hydrogen (secondary N) is 2. The second-order valence-electron chi connectivity index (χ2n) is 10.5. The first kappa shape index (κ1) is 24.3. The van der Waals surface area contributed by atoms with Crippen LogP contribution >= 0.6 is 0 Å². The maximum atomic E-state index is 13.9. The molecule has 0 bridgehead atoms. The molecule has 1 aromatic heterocycles. The minimum Gasteiger partial charge on any atom is -0.381 e. The van der Waals surface area contributed by atoms with Crippen LogP contribution in [0.4, 0.5) is 11.4 Å². The maximum absolute atomic E-state index is 13.9. The van der Waals surface area contributed by atoms with E-state index in [1.165, 1.54) is 5.39 Å². The molecule has 6 rings (SSSR count). The first-order chi connectivity index (χ1) is 18.6. The zero-order chi connectivity index (χ0) is 26.1. The van der Waals surface area contributed by atoms with Gasteiger partial charge in [0.1, 0.15) is 0 Å². The molecule has 194 valence electrons. The highest BCUT2D eigenvalue weighted by Gasteiger charge is 2.25. The molecule has 1 unspecified atom stereocenters. The summed E-state index contributed by atoms with van der Waals surface area (Å²) in [5, 5.41) is 4.71. The van der Waals surface area contributed by atoms with Gasteiger partial charge in [-0.3, -0.25) is 9.59 Å². The second kappa shape index (κ2) is 10.4. The molecule has 3 heterocycles. The van der Waals surface area contributed by atoms with Crippen LogP contribution in [-0.2, 0) is 11.2 Å². The Morgan fingerprint density at radius 2 is 1.92 bits per heavy atom. The standard InChI is InChI=1S/C32H34N4O2/c1-22-15-19-36(30-8-3-2-7-29(30)34-22)32(38)26-10-12-27(24-11-13-28-25(20-24)14-16-33-28)23(21-26)6-4-17-35-18-5-9-31(35)37/h2-3,7-8,10-14,16,20-22,33-34H,4-6,9,15,17-19H2,1H3. The van der Waals surface area contributed by atoms with Gasteiger partial charge in [0, 0.05) is 49.4 Å². The summed E-state index contributed by atoms with van der Waals surface area (Å²) >= 11 is 0. The SMILES string of the molecule is CC1CCN(C(=O)c2ccc(-c3ccc4[nH]ccc4c3)c(CCCN3CCCC3=O)c2)c2ccccc2N1. The van der Waals surface area contributed by atoms with Crippen LogP contribution in [0.15, 0.2) is 72.9 Å². The average molecular weight is 507 g/mol. The third kappa shape index (κ3) is 4.78. The Hall–Kier alpha value is -4.06. The largest absolute Gasteiger partial charge is 0.381 e. The van der Waals surface area contributed by atoms with Crippen LogP contribution in [0.1, 0.15) is 48.5 Å². The quantitative estimate of drug-likeness (QED) is 0.325. The lowest BCUT2D eigenvalue weighted by Crippen LogP contribution is -2.32. The Morgan fingerprint density at radius 1 is 1.03 bits per heavy atom. The number of rotatable bonds is 6. The third-order valence-electron chi connectivity index (χ3n) is 7.89. The molecule has 6 heteroatoms. The van der Waals surface area contributed by atoms with Crippen molar-refractivity contribution in [1.82, 2.24) is 9.88 Å². The summed E-state index contributed by atoms with van der Waals surface area (Å²) in [5.74, 6) is 0.284. The van der Waals surface area contributed by atoms with Crippen molar-refractivity contribution in [2.75, 3.05) is 29.9 Å². The van der Waals surface area contributed by atoms with E-state index in [4.69, 9.17) is 0 Å². The van der Waals surface area contributed by atoms with Crippen molar-refractivity contribution in [1.29, 1.82) is 0 Å². The molecular weight excluding hydrogens is 472 g/mol. The van der Waals surface area contributed by atoms with E-state index in [0.717, 1.165) is 72.4 Å². The number of H-pyrrole nitrogens is 1. The highest BCUT2D eigenvalue weighted by Crippen LogP contribution is 2.33. The number of benzene rings is 3. The number of anilines is 2. The number of fused-ring (bicyclic) bond motifs is 2. The fraction of sp³-hybridized carbons (Fsp3) is 0.312. The number of hydrogen-bond donors (Lipinski definition) is 2. The molecule has 0 aliphatic carbocycles.